The third-order valence-electron chi connectivity index (χ3n) is 5.35. The van der Waals surface area contributed by atoms with Crippen molar-refractivity contribution in [3.63, 3.8) is 0 Å². The van der Waals surface area contributed by atoms with Gasteiger partial charge >= 0.3 is 0 Å². The molecule has 9 heteroatoms. The lowest BCUT2D eigenvalue weighted by Gasteiger charge is -2.41. The number of likely N-dealkylation sites (N-methyl/N-ethyl adjacent to an activating group) is 1. The zero-order valence-corrected chi connectivity index (χ0v) is 16.2. The average Bonchev–Trinajstić information content (AvgIpc) is 2.64. The zero-order chi connectivity index (χ0) is 19.8. The van der Waals surface area contributed by atoms with Gasteiger partial charge < -0.3 is 20.1 Å². The Morgan fingerprint density at radius 1 is 1.21 bits per heavy atom. The molecule has 2 aliphatic rings. The topological polar surface area (TPSA) is 92.4 Å². The summed E-state index contributed by atoms with van der Waals surface area (Å²) in [4.78, 5) is 25.7. The summed E-state index contributed by atoms with van der Waals surface area (Å²) in [6.45, 7) is 2.69. The number of nitrogens with zero attached hydrogens (tertiary/aromatic N) is 3. The van der Waals surface area contributed by atoms with Gasteiger partial charge in [0.25, 0.3) is 11.2 Å². The lowest BCUT2D eigenvalue weighted by atomic mass is 9.83. The molecule has 0 unspecified atom stereocenters. The molecule has 0 radical (unpaired) electrons. The SMILES string of the molecule is CN1C[C@@H]2C[C@H](C1)c1ccc(NC(=S)Nc3cccc([N+](=O)[O-])c3)c(=O)n1C2. The van der Waals surface area contributed by atoms with Crippen molar-refractivity contribution >= 4 is 34.4 Å². The van der Waals surface area contributed by atoms with Crippen molar-refractivity contribution in [2.45, 2.75) is 18.9 Å². The number of aromatic nitrogens is 1. The summed E-state index contributed by atoms with van der Waals surface area (Å²) in [5, 5.41) is 17.0. The predicted molar refractivity (Wildman–Crippen MR) is 112 cm³/mol. The van der Waals surface area contributed by atoms with Gasteiger partial charge in [0.15, 0.2) is 5.11 Å². The lowest BCUT2D eigenvalue weighted by molar-refractivity contribution is -0.384. The van der Waals surface area contributed by atoms with Crippen LogP contribution in [-0.2, 0) is 6.54 Å². The smallest absolute Gasteiger partial charge is 0.274 e. The van der Waals surface area contributed by atoms with Gasteiger partial charge in [-0.25, -0.2) is 0 Å². The van der Waals surface area contributed by atoms with Gasteiger partial charge in [-0.2, -0.15) is 0 Å². The van der Waals surface area contributed by atoms with E-state index in [0.717, 1.165) is 31.7 Å². The third kappa shape index (κ3) is 3.63. The molecule has 8 nitrogen and oxygen atoms in total. The van der Waals surface area contributed by atoms with Gasteiger partial charge in [-0.15, -0.1) is 0 Å². The van der Waals surface area contributed by atoms with E-state index in [9.17, 15) is 14.9 Å². The number of anilines is 2. The number of non-ortho nitro benzene ring substituents is 1. The van der Waals surface area contributed by atoms with Crippen LogP contribution >= 0.6 is 12.2 Å². The molecule has 0 spiro atoms. The second-order valence-electron chi connectivity index (χ2n) is 7.49. The van der Waals surface area contributed by atoms with Crippen LogP contribution in [0, 0.1) is 16.0 Å². The zero-order valence-electron chi connectivity index (χ0n) is 15.4. The van der Waals surface area contributed by atoms with Crippen LogP contribution in [0.5, 0.6) is 0 Å². The second kappa shape index (κ2) is 7.33. The number of hydrogen-bond donors (Lipinski definition) is 2. The first kappa shape index (κ1) is 18.6. The van der Waals surface area contributed by atoms with E-state index < -0.39 is 4.92 Å². The van der Waals surface area contributed by atoms with E-state index >= 15 is 0 Å². The molecule has 2 atom stereocenters. The number of thiocarbonyl (C=S) groups is 1. The van der Waals surface area contributed by atoms with Crippen molar-refractivity contribution in [3.05, 3.63) is 62.6 Å². The molecule has 0 amide bonds. The highest BCUT2D eigenvalue weighted by atomic mass is 32.1. The fourth-order valence-electron chi connectivity index (χ4n) is 4.26. The Kier molecular flexibility index (Phi) is 4.86. The maximum absolute atomic E-state index is 13.0. The number of piperidine rings is 1. The second-order valence-corrected chi connectivity index (χ2v) is 7.90. The highest BCUT2D eigenvalue weighted by molar-refractivity contribution is 7.80. The first-order valence-corrected chi connectivity index (χ1v) is 9.56. The van der Waals surface area contributed by atoms with Crippen LogP contribution in [0.25, 0.3) is 0 Å². The molecule has 1 aromatic carbocycles. The van der Waals surface area contributed by atoms with Crippen LogP contribution in [0.4, 0.5) is 17.1 Å². The minimum absolute atomic E-state index is 0.0295. The number of rotatable bonds is 3. The fourth-order valence-corrected chi connectivity index (χ4v) is 4.49. The van der Waals surface area contributed by atoms with Crippen molar-refractivity contribution in [2.24, 2.45) is 5.92 Å². The molecule has 4 rings (SSSR count). The number of nitro groups is 1. The van der Waals surface area contributed by atoms with Crippen LogP contribution in [0.1, 0.15) is 18.0 Å². The van der Waals surface area contributed by atoms with Crippen molar-refractivity contribution < 1.29 is 4.92 Å². The number of hydrogen-bond acceptors (Lipinski definition) is 5. The molecule has 0 aliphatic carbocycles. The minimum Gasteiger partial charge on any atom is -0.332 e. The van der Waals surface area contributed by atoms with Gasteiger partial charge in [-0.1, -0.05) is 6.07 Å². The van der Waals surface area contributed by atoms with Gasteiger partial charge in [-0.05, 0) is 49.8 Å². The molecule has 2 N–H and O–H groups in total. The summed E-state index contributed by atoms with van der Waals surface area (Å²) in [6, 6.07) is 9.83. The van der Waals surface area contributed by atoms with Crippen LogP contribution in [0.15, 0.2) is 41.2 Å². The standard InChI is InChI=1S/C19H21N5O3S/c1-22-9-12-7-13(11-22)17-6-5-16(18(25)23(17)10-12)21-19(28)20-14-3-2-4-15(8-14)24(26)27/h2-6,8,12-13H,7,9-11H2,1H3,(H2,20,21,28)/t12-,13+/m0/s1. The van der Waals surface area contributed by atoms with Gasteiger partial charge in [0, 0.05) is 49.1 Å². The van der Waals surface area contributed by atoms with Crippen molar-refractivity contribution in [3.8, 4) is 0 Å². The molecule has 2 aromatic rings. The molecule has 1 fully saturated rings. The Morgan fingerprint density at radius 2 is 2.04 bits per heavy atom. The molecule has 28 heavy (non-hydrogen) atoms. The van der Waals surface area contributed by atoms with E-state index in [0.29, 0.717) is 23.2 Å². The number of fused-ring (bicyclic) bond motifs is 4. The normalized spacial score (nSPS) is 20.9. The Labute approximate surface area is 167 Å². The molecule has 1 aromatic heterocycles. The predicted octanol–water partition coefficient (Wildman–Crippen LogP) is 2.61. The summed E-state index contributed by atoms with van der Waals surface area (Å²) in [7, 11) is 2.13. The van der Waals surface area contributed by atoms with E-state index in [-0.39, 0.29) is 16.4 Å². The fraction of sp³-hybridized carbons (Fsp3) is 0.368. The lowest BCUT2D eigenvalue weighted by Crippen LogP contribution is -2.46. The van der Waals surface area contributed by atoms with Crippen molar-refractivity contribution in [1.29, 1.82) is 0 Å². The maximum Gasteiger partial charge on any atom is 0.274 e. The van der Waals surface area contributed by atoms with E-state index in [4.69, 9.17) is 12.2 Å². The number of likely N-dealkylation sites (tertiary alicyclic amines) is 1. The summed E-state index contributed by atoms with van der Waals surface area (Å²) < 4.78 is 1.87. The number of benzene rings is 1. The van der Waals surface area contributed by atoms with Crippen LogP contribution in [0.3, 0.4) is 0 Å². The Balaban J connectivity index is 1.52. The van der Waals surface area contributed by atoms with Crippen LogP contribution < -0.4 is 16.2 Å². The largest absolute Gasteiger partial charge is 0.332 e. The van der Waals surface area contributed by atoms with Crippen molar-refractivity contribution in [1.82, 2.24) is 9.47 Å². The maximum atomic E-state index is 13.0. The molecule has 2 aliphatic heterocycles. The highest BCUT2D eigenvalue weighted by Crippen LogP contribution is 2.34. The van der Waals surface area contributed by atoms with E-state index in [1.54, 1.807) is 18.2 Å². The first-order chi connectivity index (χ1) is 13.4. The highest BCUT2D eigenvalue weighted by Gasteiger charge is 2.33. The van der Waals surface area contributed by atoms with E-state index in [2.05, 4.69) is 22.6 Å². The summed E-state index contributed by atoms with van der Waals surface area (Å²) >= 11 is 5.29. The van der Waals surface area contributed by atoms with Gasteiger partial charge in [0.1, 0.15) is 5.69 Å². The van der Waals surface area contributed by atoms with Gasteiger partial charge in [0.05, 0.1) is 4.92 Å². The summed E-state index contributed by atoms with van der Waals surface area (Å²) in [6.07, 6.45) is 1.13. The van der Waals surface area contributed by atoms with Crippen LogP contribution in [-0.4, -0.2) is 39.6 Å². The van der Waals surface area contributed by atoms with Crippen LogP contribution in [0.2, 0.25) is 0 Å². The number of pyridine rings is 1. The Morgan fingerprint density at radius 3 is 2.82 bits per heavy atom. The van der Waals surface area contributed by atoms with Gasteiger partial charge in [-0.3, -0.25) is 14.9 Å². The molecule has 1 saturated heterocycles. The third-order valence-corrected chi connectivity index (χ3v) is 5.55. The Hall–Kier alpha value is -2.78. The Bertz CT molecular complexity index is 1010. The summed E-state index contributed by atoms with van der Waals surface area (Å²) in [5.41, 5.74) is 1.86. The molecule has 3 heterocycles. The minimum atomic E-state index is -0.466. The van der Waals surface area contributed by atoms with E-state index in [1.165, 1.54) is 12.1 Å². The van der Waals surface area contributed by atoms with Crippen molar-refractivity contribution in [2.75, 3.05) is 30.8 Å². The summed E-state index contributed by atoms with van der Waals surface area (Å²) in [5.74, 6) is 0.869. The number of nitro benzene ring substituents is 1. The molecule has 0 saturated carbocycles. The average molecular weight is 399 g/mol. The van der Waals surface area contributed by atoms with E-state index in [1.807, 2.05) is 10.6 Å². The molecule has 146 valence electrons. The number of nitrogens with one attached hydrogen (secondary N) is 2. The van der Waals surface area contributed by atoms with Gasteiger partial charge in [0.2, 0.25) is 0 Å². The monoisotopic (exact) mass is 399 g/mol. The molecular weight excluding hydrogens is 378 g/mol. The quantitative estimate of drug-likeness (QED) is 0.466. The molecular formula is C19H21N5O3S. The molecule has 2 bridgehead atoms. The first-order valence-electron chi connectivity index (χ1n) is 9.15.